The fourth-order valence-electron chi connectivity index (χ4n) is 1.10. The molecule has 0 saturated carbocycles. The summed E-state index contributed by atoms with van der Waals surface area (Å²) >= 11 is 1.63. The molecule has 1 N–H and O–H groups in total. The van der Waals surface area contributed by atoms with Gasteiger partial charge >= 0.3 is 0 Å². The third-order valence-electron chi connectivity index (χ3n) is 2.14. The summed E-state index contributed by atoms with van der Waals surface area (Å²) in [5.74, 6) is 0. The van der Waals surface area contributed by atoms with Gasteiger partial charge in [-0.15, -0.1) is 11.8 Å². The van der Waals surface area contributed by atoms with E-state index in [2.05, 4.69) is 18.0 Å². The number of rotatable bonds is 3. The molecule has 0 aromatic carbocycles. The summed E-state index contributed by atoms with van der Waals surface area (Å²) < 4.78 is 0. The van der Waals surface area contributed by atoms with Crippen LogP contribution in [0.3, 0.4) is 0 Å². The predicted octanol–water partition coefficient (Wildman–Crippen LogP) is 2.56. The summed E-state index contributed by atoms with van der Waals surface area (Å²) in [7, 11) is 0. The van der Waals surface area contributed by atoms with Gasteiger partial charge in [0, 0.05) is 11.4 Å². The lowest BCUT2D eigenvalue weighted by Crippen LogP contribution is -2.15. The predicted molar refractivity (Wildman–Crippen MR) is 60.7 cm³/mol. The maximum atomic E-state index is 9.38. The molecule has 2 nitrogen and oxygen atoms in total. The third-order valence-corrected chi connectivity index (χ3v) is 3.56. The Morgan fingerprint density at radius 3 is 2.50 bits per heavy atom. The van der Waals surface area contributed by atoms with Gasteiger partial charge in [0.25, 0.3) is 0 Å². The quantitative estimate of drug-likeness (QED) is 0.780. The van der Waals surface area contributed by atoms with Crippen LogP contribution in [0.1, 0.15) is 25.0 Å². The van der Waals surface area contributed by atoms with E-state index in [9.17, 15) is 5.11 Å². The van der Waals surface area contributed by atoms with Gasteiger partial charge in [0.1, 0.15) is 0 Å². The van der Waals surface area contributed by atoms with Crippen LogP contribution in [0.15, 0.2) is 17.3 Å². The zero-order chi connectivity index (χ0) is 10.7. The van der Waals surface area contributed by atoms with E-state index in [1.807, 2.05) is 20.0 Å². The molecule has 3 heteroatoms. The number of aliphatic hydroxyl groups excluding tert-OH is 1. The molecule has 0 saturated heterocycles. The van der Waals surface area contributed by atoms with Gasteiger partial charge in [-0.05, 0) is 31.9 Å². The number of aryl methyl sites for hydroxylation is 2. The van der Waals surface area contributed by atoms with Crippen LogP contribution >= 0.6 is 11.8 Å². The van der Waals surface area contributed by atoms with E-state index in [1.54, 1.807) is 18.7 Å². The Labute approximate surface area is 89.8 Å². The van der Waals surface area contributed by atoms with Crippen LogP contribution in [0, 0.1) is 13.8 Å². The van der Waals surface area contributed by atoms with Crippen LogP contribution in [0.5, 0.6) is 0 Å². The first-order valence-electron chi connectivity index (χ1n) is 4.78. The fraction of sp³-hybridized carbons (Fsp3) is 0.545. The number of aliphatic hydroxyl groups is 1. The number of pyridine rings is 1. The van der Waals surface area contributed by atoms with Gasteiger partial charge in [-0.3, -0.25) is 0 Å². The monoisotopic (exact) mass is 211 g/mol. The van der Waals surface area contributed by atoms with Gasteiger partial charge in [0.05, 0.1) is 11.1 Å². The zero-order valence-electron chi connectivity index (χ0n) is 9.11. The van der Waals surface area contributed by atoms with E-state index < -0.39 is 0 Å². The van der Waals surface area contributed by atoms with Crippen LogP contribution in [0.25, 0.3) is 0 Å². The second kappa shape index (κ2) is 4.80. The van der Waals surface area contributed by atoms with E-state index in [-0.39, 0.29) is 11.4 Å². The lowest BCUT2D eigenvalue weighted by molar-refractivity contribution is 0.196. The Kier molecular flexibility index (Phi) is 3.96. The van der Waals surface area contributed by atoms with Crippen LogP contribution < -0.4 is 0 Å². The van der Waals surface area contributed by atoms with Crippen molar-refractivity contribution in [3.63, 3.8) is 0 Å². The second-order valence-electron chi connectivity index (χ2n) is 3.70. The van der Waals surface area contributed by atoms with Crippen molar-refractivity contribution in [3.8, 4) is 0 Å². The number of hydrogen-bond acceptors (Lipinski definition) is 3. The number of thioether (sulfide) groups is 1. The van der Waals surface area contributed by atoms with E-state index in [0.717, 1.165) is 5.03 Å². The lowest BCUT2D eigenvalue weighted by atomic mass is 10.2. The highest BCUT2D eigenvalue weighted by Crippen LogP contribution is 2.26. The lowest BCUT2D eigenvalue weighted by Gasteiger charge is -2.14. The average Bonchev–Trinajstić information content (AvgIpc) is 2.09. The standard InChI is InChI=1S/C11H17NOS/c1-7-5-8(2)11(12-6-7)14-10(4)9(3)13/h5-6,9-10,13H,1-4H3. The normalized spacial score (nSPS) is 15.2. The Morgan fingerprint density at radius 1 is 1.36 bits per heavy atom. The Hall–Kier alpha value is -0.540. The molecule has 0 fully saturated rings. The first-order valence-corrected chi connectivity index (χ1v) is 5.66. The first-order chi connectivity index (χ1) is 6.50. The summed E-state index contributed by atoms with van der Waals surface area (Å²) in [6.07, 6.45) is 1.56. The molecule has 1 aromatic rings. The molecule has 0 amide bonds. The van der Waals surface area contributed by atoms with Crippen molar-refractivity contribution in [1.29, 1.82) is 0 Å². The zero-order valence-corrected chi connectivity index (χ0v) is 9.93. The summed E-state index contributed by atoms with van der Waals surface area (Å²) in [5.41, 5.74) is 2.36. The smallest absolute Gasteiger partial charge is 0.0992 e. The largest absolute Gasteiger partial charge is 0.392 e. The van der Waals surface area contributed by atoms with Crippen molar-refractivity contribution in [3.05, 3.63) is 23.4 Å². The molecule has 78 valence electrons. The SMILES string of the molecule is Cc1cnc(SC(C)C(C)O)c(C)c1. The van der Waals surface area contributed by atoms with E-state index in [0.29, 0.717) is 0 Å². The van der Waals surface area contributed by atoms with Crippen molar-refractivity contribution in [2.75, 3.05) is 0 Å². The van der Waals surface area contributed by atoms with E-state index >= 15 is 0 Å². The minimum Gasteiger partial charge on any atom is -0.392 e. The minimum atomic E-state index is -0.303. The number of aromatic nitrogens is 1. The van der Waals surface area contributed by atoms with Gasteiger partial charge in [-0.25, -0.2) is 4.98 Å². The van der Waals surface area contributed by atoms with Gasteiger partial charge in [-0.2, -0.15) is 0 Å². The number of nitrogens with zero attached hydrogens (tertiary/aromatic N) is 1. The van der Waals surface area contributed by atoms with Crippen molar-refractivity contribution < 1.29 is 5.11 Å². The molecule has 0 bridgehead atoms. The Bertz CT molecular complexity index is 312. The van der Waals surface area contributed by atoms with Crippen LogP contribution in [-0.2, 0) is 0 Å². The average molecular weight is 211 g/mol. The van der Waals surface area contributed by atoms with Crippen molar-refractivity contribution in [1.82, 2.24) is 4.98 Å². The highest BCUT2D eigenvalue weighted by Gasteiger charge is 2.12. The molecular formula is C11H17NOS. The van der Waals surface area contributed by atoms with E-state index in [4.69, 9.17) is 0 Å². The maximum absolute atomic E-state index is 9.38. The summed E-state index contributed by atoms with van der Waals surface area (Å²) in [5, 5.41) is 10.6. The molecule has 1 heterocycles. The first kappa shape index (κ1) is 11.5. The molecule has 0 aliphatic rings. The van der Waals surface area contributed by atoms with Crippen LogP contribution in [-0.4, -0.2) is 21.4 Å². The molecule has 0 spiro atoms. The molecule has 2 atom stereocenters. The maximum Gasteiger partial charge on any atom is 0.0992 e. The minimum absolute atomic E-state index is 0.184. The molecule has 2 unspecified atom stereocenters. The van der Waals surface area contributed by atoms with E-state index in [1.165, 1.54) is 11.1 Å². The topological polar surface area (TPSA) is 33.1 Å². The number of hydrogen-bond donors (Lipinski definition) is 1. The van der Waals surface area contributed by atoms with Gasteiger partial charge in [-0.1, -0.05) is 13.0 Å². The summed E-state index contributed by atoms with van der Waals surface area (Å²) in [4.78, 5) is 4.35. The molecule has 14 heavy (non-hydrogen) atoms. The van der Waals surface area contributed by atoms with Crippen molar-refractivity contribution in [2.24, 2.45) is 0 Å². The fourth-order valence-corrected chi connectivity index (χ4v) is 2.01. The van der Waals surface area contributed by atoms with Gasteiger partial charge in [0.2, 0.25) is 0 Å². The summed E-state index contributed by atoms with van der Waals surface area (Å²) in [6.45, 7) is 7.90. The molecular weight excluding hydrogens is 194 g/mol. The molecule has 1 aromatic heterocycles. The third kappa shape index (κ3) is 3.00. The van der Waals surface area contributed by atoms with Gasteiger partial charge < -0.3 is 5.11 Å². The van der Waals surface area contributed by atoms with Crippen molar-refractivity contribution in [2.45, 2.75) is 44.1 Å². The Balaban J connectivity index is 2.77. The van der Waals surface area contributed by atoms with Gasteiger partial charge in [0.15, 0.2) is 0 Å². The highest BCUT2D eigenvalue weighted by atomic mass is 32.2. The molecule has 0 aliphatic carbocycles. The summed E-state index contributed by atoms with van der Waals surface area (Å²) in [6, 6.07) is 2.12. The molecule has 0 aliphatic heterocycles. The van der Waals surface area contributed by atoms with Crippen LogP contribution in [0.2, 0.25) is 0 Å². The highest BCUT2D eigenvalue weighted by molar-refractivity contribution is 7.99. The molecule has 1 rings (SSSR count). The Morgan fingerprint density at radius 2 is 2.00 bits per heavy atom. The molecule has 0 radical (unpaired) electrons. The van der Waals surface area contributed by atoms with Crippen LogP contribution in [0.4, 0.5) is 0 Å². The van der Waals surface area contributed by atoms with Crippen molar-refractivity contribution >= 4 is 11.8 Å². The second-order valence-corrected chi connectivity index (χ2v) is 5.06.